The van der Waals surface area contributed by atoms with E-state index in [4.69, 9.17) is 4.74 Å². The van der Waals surface area contributed by atoms with E-state index in [2.05, 4.69) is 5.32 Å². The lowest BCUT2D eigenvalue weighted by molar-refractivity contribution is -0.161. The summed E-state index contributed by atoms with van der Waals surface area (Å²) in [5, 5.41) is 2.99. The van der Waals surface area contributed by atoms with Crippen molar-refractivity contribution >= 4 is 11.8 Å². The zero-order valence-electron chi connectivity index (χ0n) is 12.1. The second kappa shape index (κ2) is 5.12. The van der Waals surface area contributed by atoms with Crippen molar-refractivity contribution in [1.82, 2.24) is 10.2 Å². The van der Waals surface area contributed by atoms with Gasteiger partial charge in [0.25, 0.3) is 0 Å². The van der Waals surface area contributed by atoms with E-state index in [0.29, 0.717) is 13.2 Å². The van der Waals surface area contributed by atoms with E-state index in [1.807, 2.05) is 13.8 Å². The fourth-order valence-electron chi connectivity index (χ4n) is 3.12. The van der Waals surface area contributed by atoms with Crippen molar-refractivity contribution in [1.29, 1.82) is 0 Å². The maximum atomic E-state index is 12.8. The molecule has 1 spiro atoms. The molecule has 0 aromatic heterocycles. The van der Waals surface area contributed by atoms with E-state index < -0.39 is 11.1 Å². The number of nitrogens with zero attached hydrogens (tertiary/aromatic N) is 1. The third kappa shape index (κ3) is 2.36. The van der Waals surface area contributed by atoms with Crippen molar-refractivity contribution in [3.63, 3.8) is 0 Å². The van der Waals surface area contributed by atoms with Gasteiger partial charge in [0.15, 0.2) is 0 Å². The number of ether oxygens (including phenoxy) is 1. The highest BCUT2D eigenvalue weighted by atomic mass is 16.5. The van der Waals surface area contributed by atoms with Gasteiger partial charge in [-0.25, -0.2) is 0 Å². The van der Waals surface area contributed by atoms with Crippen LogP contribution in [0.1, 0.15) is 46.0 Å². The van der Waals surface area contributed by atoms with E-state index in [0.717, 1.165) is 32.1 Å². The fourth-order valence-corrected chi connectivity index (χ4v) is 3.12. The van der Waals surface area contributed by atoms with Crippen LogP contribution in [0.3, 0.4) is 0 Å². The van der Waals surface area contributed by atoms with Crippen LogP contribution in [0, 0.1) is 0 Å². The molecule has 5 nitrogen and oxygen atoms in total. The molecule has 2 aliphatic rings. The molecule has 5 heteroatoms. The second-order valence-electron chi connectivity index (χ2n) is 6.11. The number of piperazine rings is 1. The van der Waals surface area contributed by atoms with Crippen LogP contribution in [0.2, 0.25) is 0 Å². The number of hydrogen-bond donors (Lipinski definition) is 1. The van der Waals surface area contributed by atoms with Gasteiger partial charge in [0.1, 0.15) is 11.1 Å². The number of amides is 2. The van der Waals surface area contributed by atoms with Gasteiger partial charge >= 0.3 is 0 Å². The lowest BCUT2D eigenvalue weighted by Gasteiger charge is -2.48. The van der Waals surface area contributed by atoms with Crippen LogP contribution >= 0.6 is 0 Å². The Labute approximate surface area is 114 Å². The second-order valence-corrected chi connectivity index (χ2v) is 6.11. The molecule has 0 bridgehead atoms. The number of carbonyl (C=O) groups is 2. The normalized spacial score (nSPS) is 24.9. The Morgan fingerprint density at radius 2 is 1.89 bits per heavy atom. The lowest BCUT2D eigenvalue weighted by Crippen LogP contribution is -2.73. The minimum atomic E-state index is -0.765. The quantitative estimate of drug-likeness (QED) is 0.776. The molecule has 1 saturated carbocycles. The van der Waals surface area contributed by atoms with Gasteiger partial charge in [-0.3, -0.25) is 9.59 Å². The summed E-state index contributed by atoms with van der Waals surface area (Å²) in [6.07, 6.45) is 4.33. The Hall–Kier alpha value is -1.10. The summed E-state index contributed by atoms with van der Waals surface area (Å²) in [6, 6.07) is 0. The monoisotopic (exact) mass is 268 g/mol. The molecule has 0 unspecified atom stereocenters. The maximum Gasteiger partial charge on any atom is 0.249 e. The third-order valence-electron chi connectivity index (χ3n) is 4.43. The average molecular weight is 268 g/mol. The van der Waals surface area contributed by atoms with E-state index in [1.54, 1.807) is 12.0 Å². The largest absolute Gasteiger partial charge is 0.385 e. The van der Waals surface area contributed by atoms with Gasteiger partial charge in [-0.1, -0.05) is 12.8 Å². The summed E-state index contributed by atoms with van der Waals surface area (Å²) >= 11 is 0. The molecule has 1 heterocycles. The molecule has 1 aliphatic carbocycles. The summed E-state index contributed by atoms with van der Waals surface area (Å²) < 4.78 is 5.04. The summed E-state index contributed by atoms with van der Waals surface area (Å²) in [5.41, 5.74) is -1.39. The Morgan fingerprint density at radius 3 is 2.47 bits per heavy atom. The van der Waals surface area contributed by atoms with Crippen molar-refractivity contribution in [2.75, 3.05) is 20.3 Å². The highest BCUT2D eigenvalue weighted by molar-refractivity contribution is 6.02. The Kier molecular flexibility index (Phi) is 3.85. The first-order chi connectivity index (χ1) is 8.94. The average Bonchev–Trinajstić information content (AvgIpc) is 2.81. The molecule has 1 aliphatic heterocycles. The highest BCUT2D eigenvalue weighted by Crippen LogP contribution is 2.37. The molecule has 108 valence electrons. The minimum Gasteiger partial charge on any atom is -0.385 e. The van der Waals surface area contributed by atoms with Crippen molar-refractivity contribution in [2.24, 2.45) is 0 Å². The van der Waals surface area contributed by atoms with Crippen LogP contribution in [0.5, 0.6) is 0 Å². The van der Waals surface area contributed by atoms with E-state index in [-0.39, 0.29) is 11.8 Å². The number of hydrogen-bond acceptors (Lipinski definition) is 3. The number of rotatable bonds is 4. The molecule has 2 fully saturated rings. The van der Waals surface area contributed by atoms with E-state index >= 15 is 0 Å². The minimum absolute atomic E-state index is 0.0357. The first-order valence-corrected chi connectivity index (χ1v) is 7.08. The Morgan fingerprint density at radius 1 is 1.26 bits per heavy atom. The van der Waals surface area contributed by atoms with Crippen LogP contribution in [0.15, 0.2) is 0 Å². The van der Waals surface area contributed by atoms with Gasteiger partial charge in [0.05, 0.1) is 0 Å². The van der Waals surface area contributed by atoms with Gasteiger partial charge in [0.2, 0.25) is 11.8 Å². The van der Waals surface area contributed by atoms with Crippen molar-refractivity contribution in [3.8, 4) is 0 Å². The molecule has 1 N–H and O–H groups in total. The molecule has 0 atom stereocenters. The first-order valence-electron chi connectivity index (χ1n) is 7.08. The molecule has 19 heavy (non-hydrogen) atoms. The molecule has 1 saturated heterocycles. The molecule has 0 aromatic carbocycles. The fraction of sp³-hybridized carbons (Fsp3) is 0.857. The van der Waals surface area contributed by atoms with Crippen molar-refractivity contribution < 1.29 is 14.3 Å². The van der Waals surface area contributed by atoms with Gasteiger partial charge in [-0.2, -0.15) is 0 Å². The van der Waals surface area contributed by atoms with Gasteiger partial charge in [-0.15, -0.1) is 0 Å². The van der Waals surface area contributed by atoms with Gasteiger partial charge in [0, 0.05) is 20.3 Å². The highest BCUT2D eigenvalue weighted by Gasteiger charge is 2.54. The van der Waals surface area contributed by atoms with Crippen LogP contribution in [-0.4, -0.2) is 48.1 Å². The smallest absolute Gasteiger partial charge is 0.249 e. The molecular weight excluding hydrogens is 244 g/mol. The summed E-state index contributed by atoms with van der Waals surface area (Å²) in [7, 11) is 1.65. The Bertz CT molecular complexity index is 373. The van der Waals surface area contributed by atoms with Crippen LogP contribution < -0.4 is 5.32 Å². The van der Waals surface area contributed by atoms with Crippen LogP contribution in [0.25, 0.3) is 0 Å². The summed E-state index contributed by atoms with van der Waals surface area (Å²) in [5.74, 6) is 0.0529. The van der Waals surface area contributed by atoms with E-state index in [1.165, 1.54) is 0 Å². The zero-order valence-corrected chi connectivity index (χ0v) is 12.1. The molecule has 2 amide bonds. The molecule has 0 aromatic rings. The van der Waals surface area contributed by atoms with Gasteiger partial charge < -0.3 is 15.0 Å². The van der Waals surface area contributed by atoms with Crippen LogP contribution in [0.4, 0.5) is 0 Å². The zero-order chi connectivity index (χ0) is 14.1. The molecule has 0 radical (unpaired) electrons. The summed E-state index contributed by atoms with van der Waals surface area (Å²) in [4.78, 5) is 26.9. The first kappa shape index (κ1) is 14.3. The number of nitrogens with one attached hydrogen (secondary N) is 1. The van der Waals surface area contributed by atoms with E-state index in [9.17, 15) is 9.59 Å². The standard InChI is InChI=1S/C14H24N2O3/c1-13(2)11(17)15-14(7-4-5-8-14)12(18)16(13)9-6-10-19-3/h4-10H2,1-3H3,(H,15,17). The van der Waals surface area contributed by atoms with Crippen molar-refractivity contribution in [3.05, 3.63) is 0 Å². The number of methoxy groups -OCH3 is 1. The predicted octanol–water partition coefficient (Wildman–Crippen LogP) is 1.07. The summed E-state index contributed by atoms with van der Waals surface area (Å²) in [6.45, 7) is 4.81. The van der Waals surface area contributed by atoms with Crippen molar-refractivity contribution in [2.45, 2.75) is 57.0 Å². The molecule has 2 rings (SSSR count). The molecular formula is C14H24N2O3. The maximum absolute atomic E-state index is 12.8. The number of carbonyl (C=O) groups excluding carboxylic acids is 2. The Balaban J connectivity index is 2.19. The topological polar surface area (TPSA) is 58.6 Å². The predicted molar refractivity (Wildman–Crippen MR) is 71.6 cm³/mol. The van der Waals surface area contributed by atoms with Gasteiger partial charge in [-0.05, 0) is 33.1 Å². The lowest BCUT2D eigenvalue weighted by atomic mass is 9.86. The SMILES string of the molecule is COCCCN1C(=O)C2(CCCC2)NC(=O)C1(C)C. The third-order valence-corrected chi connectivity index (χ3v) is 4.43. The van der Waals surface area contributed by atoms with Crippen LogP contribution in [-0.2, 0) is 14.3 Å².